The number of benzene rings is 1. The zero-order valence-corrected chi connectivity index (χ0v) is 11.0. The van der Waals surface area contributed by atoms with E-state index in [1.165, 1.54) is 6.42 Å². The van der Waals surface area contributed by atoms with Gasteiger partial charge >= 0.3 is 0 Å². The summed E-state index contributed by atoms with van der Waals surface area (Å²) in [5.74, 6) is 0. The van der Waals surface area contributed by atoms with Gasteiger partial charge in [-0.1, -0.05) is 24.9 Å². The largest absolute Gasteiger partial charge is 0.382 e. The van der Waals surface area contributed by atoms with Gasteiger partial charge in [0.2, 0.25) is 0 Å². The number of hydrogen-bond donors (Lipinski definition) is 1. The first-order valence-corrected chi connectivity index (χ1v) is 6.39. The number of halogens is 1. The molecule has 1 N–H and O–H groups in total. The van der Waals surface area contributed by atoms with Crippen molar-refractivity contribution in [3.63, 3.8) is 0 Å². The Hall–Kier alpha value is -1.28. The SMILES string of the molecule is CCC[C@H](C)Nc1ccnc2cc(Cl)ccc12. The van der Waals surface area contributed by atoms with E-state index in [1.54, 1.807) is 0 Å². The van der Waals surface area contributed by atoms with Crippen LogP contribution in [0.4, 0.5) is 5.69 Å². The lowest BCUT2D eigenvalue weighted by Crippen LogP contribution is -2.14. The summed E-state index contributed by atoms with van der Waals surface area (Å²) in [6.45, 7) is 4.40. The molecule has 1 aromatic carbocycles. The second-order valence-corrected chi connectivity index (χ2v) is 4.79. The molecule has 2 nitrogen and oxygen atoms in total. The second kappa shape index (κ2) is 5.37. The quantitative estimate of drug-likeness (QED) is 0.862. The smallest absolute Gasteiger partial charge is 0.0737 e. The molecule has 17 heavy (non-hydrogen) atoms. The van der Waals surface area contributed by atoms with E-state index in [-0.39, 0.29) is 0 Å². The minimum absolute atomic E-state index is 0.473. The minimum Gasteiger partial charge on any atom is -0.382 e. The predicted octanol–water partition coefficient (Wildman–Crippen LogP) is 4.49. The highest BCUT2D eigenvalue weighted by atomic mass is 35.5. The summed E-state index contributed by atoms with van der Waals surface area (Å²) in [4.78, 5) is 4.33. The molecule has 0 unspecified atom stereocenters. The lowest BCUT2D eigenvalue weighted by molar-refractivity contribution is 0.691. The molecule has 0 fully saturated rings. The summed E-state index contributed by atoms with van der Waals surface area (Å²) in [5.41, 5.74) is 2.07. The highest BCUT2D eigenvalue weighted by Gasteiger charge is 2.05. The van der Waals surface area contributed by atoms with Crippen LogP contribution >= 0.6 is 11.6 Å². The maximum Gasteiger partial charge on any atom is 0.0737 e. The monoisotopic (exact) mass is 248 g/mol. The van der Waals surface area contributed by atoms with Crippen molar-refractivity contribution in [2.45, 2.75) is 32.7 Å². The number of aromatic nitrogens is 1. The normalized spacial score (nSPS) is 12.6. The molecular formula is C14H17ClN2. The summed E-state index contributed by atoms with van der Waals surface area (Å²) >= 11 is 5.97. The van der Waals surface area contributed by atoms with Crippen molar-refractivity contribution >= 4 is 28.2 Å². The van der Waals surface area contributed by atoms with Gasteiger partial charge in [0.05, 0.1) is 5.52 Å². The molecule has 0 amide bonds. The highest BCUT2D eigenvalue weighted by Crippen LogP contribution is 2.25. The first kappa shape index (κ1) is 12.2. The Kier molecular flexibility index (Phi) is 3.85. The van der Waals surface area contributed by atoms with E-state index in [2.05, 4.69) is 24.1 Å². The van der Waals surface area contributed by atoms with E-state index < -0.39 is 0 Å². The molecule has 0 saturated carbocycles. The Labute approximate surface area is 107 Å². The minimum atomic E-state index is 0.473. The van der Waals surface area contributed by atoms with Crippen LogP contribution < -0.4 is 5.32 Å². The van der Waals surface area contributed by atoms with E-state index in [9.17, 15) is 0 Å². The van der Waals surface area contributed by atoms with E-state index in [0.717, 1.165) is 28.0 Å². The molecular weight excluding hydrogens is 232 g/mol. The first-order chi connectivity index (χ1) is 8.20. The molecule has 0 saturated heterocycles. The molecule has 3 heteroatoms. The summed E-state index contributed by atoms with van der Waals surface area (Å²) in [7, 11) is 0. The zero-order valence-electron chi connectivity index (χ0n) is 10.2. The van der Waals surface area contributed by atoms with Gasteiger partial charge in [-0.25, -0.2) is 0 Å². The maximum absolute atomic E-state index is 5.97. The van der Waals surface area contributed by atoms with Crippen LogP contribution in [0.2, 0.25) is 5.02 Å². The van der Waals surface area contributed by atoms with Gasteiger partial charge in [-0.15, -0.1) is 0 Å². The lowest BCUT2D eigenvalue weighted by Gasteiger charge is -2.15. The third-order valence-electron chi connectivity index (χ3n) is 2.83. The standard InChI is InChI=1S/C14H17ClN2/c1-3-4-10(2)17-13-7-8-16-14-9-11(15)5-6-12(13)14/h5-10H,3-4H2,1-2H3,(H,16,17)/t10-/m0/s1. The first-order valence-electron chi connectivity index (χ1n) is 6.01. The molecule has 90 valence electrons. The van der Waals surface area contributed by atoms with Gasteiger partial charge in [0.15, 0.2) is 0 Å². The summed E-state index contributed by atoms with van der Waals surface area (Å²) in [6.07, 6.45) is 4.17. The maximum atomic E-state index is 5.97. The number of hydrogen-bond acceptors (Lipinski definition) is 2. The summed E-state index contributed by atoms with van der Waals surface area (Å²) in [5, 5.41) is 5.37. The van der Waals surface area contributed by atoms with Crippen molar-refractivity contribution in [1.82, 2.24) is 4.98 Å². The molecule has 0 bridgehead atoms. The van der Waals surface area contributed by atoms with Crippen LogP contribution in [0.5, 0.6) is 0 Å². The third kappa shape index (κ3) is 2.89. The molecule has 0 aliphatic heterocycles. The Morgan fingerprint density at radius 3 is 2.94 bits per heavy atom. The van der Waals surface area contributed by atoms with Crippen LogP contribution in [0.3, 0.4) is 0 Å². The van der Waals surface area contributed by atoms with Crippen LogP contribution in [0.25, 0.3) is 10.9 Å². The fourth-order valence-electron chi connectivity index (χ4n) is 2.02. The van der Waals surface area contributed by atoms with E-state index in [1.807, 2.05) is 30.5 Å². The predicted molar refractivity (Wildman–Crippen MR) is 74.7 cm³/mol. The van der Waals surface area contributed by atoms with Crippen molar-refractivity contribution < 1.29 is 0 Å². The van der Waals surface area contributed by atoms with Gasteiger partial charge in [0, 0.05) is 28.3 Å². The van der Waals surface area contributed by atoms with Crippen LogP contribution in [-0.4, -0.2) is 11.0 Å². The molecule has 0 spiro atoms. The molecule has 1 aromatic heterocycles. The molecule has 1 heterocycles. The van der Waals surface area contributed by atoms with Crippen LogP contribution in [-0.2, 0) is 0 Å². The average molecular weight is 249 g/mol. The van der Waals surface area contributed by atoms with E-state index >= 15 is 0 Å². The summed E-state index contributed by atoms with van der Waals surface area (Å²) in [6, 6.07) is 8.31. The van der Waals surface area contributed by atoms with Crippen molar-refractivity contribution in [3.05, 3.63) is 35.5 Å². The van der Waals surface area contributed by atoms with Gasteiger partial charge in [0.25, 0.3) is 0 Å². The topological polar surface area (TPSA) is 24.9 Å². The Morgan fingerprint density at radius 2 is 2.18 bits per heavy atom. The highest BCUT2D eigenvalue weighted by molar-refractivity contribution is 6.31. The molecule has 0 aliphatic rings. The molecule has 2 aromatic rings. The average Bonchev–Trinajstić information content (AvgIpc) is 2.29. The number of nitrogens with zero attached hydrogens (tertiary/aromatic N) is 1. The molecule has 1 atom stereocenters. The van der Waals surface area contributed by atoms with Crippen molar-refractivity contribution in [2.75, 3.05) is 5.32 Å². The summed E-state index contributed by atoms with van der Waals surface area (Å²) < 4.78 is 0. The number of anilines is 1. The Bertz CT molecular complexity index is 511. The number of rotatable bonds is 4. The van der Waals surface area contributed by atoms with E-state index in [4.69, 9.17) is 11.6 Å². The Balaban J connectivity index is 2.34. The number of fused-ring (bicyclic) bond motifs is 1. The number of pyridine rings is 1. The fraction of sp³-hybridized carbons (Fsp3) is 0.357. The van der Waals surface area contributed by atoms with Crippen molar-refractivity contribution in [2.24, 2.45) is 0 Å². The van der Waals surface area contributed by atoms with Gasteiger partial charge in [-0.3, -0.25) is 4.98 Å². The molecule has 0 radical (unpaired) electrons. The van der Waals surface area contributed by atoms with Crippen molar-refractivity contribution in [3.8, 4) is 0 Å². The number of nitrogens with one attached hydrogen (secondary N) is 1. The third-order valence-corrected chi connectivity index (χ3v) is 3.06. The fourth-order valence-corrected chi connectivity index (χ4v) is 2.18. The Morgan fingerprint density at radius 1 is 1.35 bits per heavy atom. The lowest BCUT2D eigenvalue weighted by atomic mass is 10.1. The van der Waals surface area contributed by atoms with E-state index in [0.29, 0.717) is 6.04 Å². The van der Waals surface area contributed by atoms with Crippen LogP contribution in [0, 0.1) is 0 Å². The zero-order chi connectivity index (χ0) is 12.3. The second-order valence-electron chi connectivity index (χ2n) is 4.35. The van der Waals surface area contributed by atoms with Gasteiger partial charge in [0.1, 0.15) is 0 Å². The van der Waals surface area contributed by atoms with Crippen LogP contribution in [0.1, 0.15) is 26.7 Å². The van der Waals surface area contributed by atoms with Gasteiger partial charge in [-0.05, 0) is 37.6 Å². The molecule has 0 aliphatic carbocycles. The van der Waals surface area contributed by atoms with Crippen molar-refractivity contribution in [1.29, 1.82) is 0 Å². The van der Waals surface area contributed by atoms with Gasteiger partial charge < -0.3 is 5.32 Å². The van der Waals surface area contributed by atoms with Gasteiger partial charge in [-0.2, -0.15) is 0 Å². The van der Waals surface area contributed by atoms with Crippen LogP contribution in [0.15, 0.2) is 30.5 Å². The molecule has 2 rings (SSSR count).